The number of aromatic amines is 1. The Hall–Kier alpha value is -2.91. The SMILES string of the molecule is CN1CCN(Cc2cccc(C(=O)Nc3c[nH]nc3C(=O)Nc3c(Cl)cccc3Cl)c2)CC1. The molecule has 0 spiro atoms. The smallest absolute Gasteiger partial charge is 0.278 e. The van der Waals surface area contributed by atoms with Gasteiger partial charge < -0.3 is 15.5 Å². The summed E-state index contributed by atoms with van der Waals surface area (Å²) >= 11 is 12.3. The Morgan fingerprint density at radius 3 is 2.42 bits per heavy atom. The minimum absolute atomic E-state index is 0.0212. The molecule has 1 aliphatic heterocycles. The van der Waals surface area contributed by atoms with E-state index in [1.54, 1.807) is 24.3 Å². The number of para-hydroxylation sites is 1. The fraction of sp³-hybridized carbons (Fsp3) is 0.261. The standard InChI is InChI=1S/C23H24Cl2N6O2/c1-30-8-10-31(11-9-30)14-15-4-2-5-16(12-15)22(32)27-19-13-26-29-21(19)23(33)28-20-17(24)6-3-7-18(20)25/h2-7,12-13H,8-11,14H2,1H3,(H,26,29)(H,27,32)(H,28,33). The first kappa shape index (κ1) is 23.3. The first-order valence-corrected chi connectivity index (χ1v) is 11.3. The van der Waals surface area contributed by atoms with Gasteiger partial charge in [0.2, 0.25) is 0 Å². The van der Waals surface area contributed by atoms with Gasteiger partial charge in [0.1, 0.15) is 0 Å². The van der Waals surface area contributed by atoms with Crippen LogP contribution < -0.4 is 10.6 Å². The van der Waals surface area contributed by atoms with Crippen LogP contribution >= 0.6 is 23.2 Å². The van der Waals surface area contributed by atoms with Crippen LogP contribution in [0.3, 0.4) is 0 Å². The molecule has 0 bridgehead atoms. The molecule has 33 heavy (non-hydrogen) atoms. The fourth-order valence-corrected chi connectivity index (χ4v) is 4.11. The van der Waals surface area contributed by atoms with Gasteiger partial charge in [-0.3, -0.25) is 19.6 Å². The van der Waals surface area contributed by atoms with Gasteiger partial charge in [0, 0.05) is 44.5 Å². The number of halogens is 2. The molecule has 0 saturated carbocycles. The molecule has 2 aromatic carbocycles. The quantitative estimate of drug-likeness (QED) is 0.490. The number of piperazine rings is 1. The number of rotatable bonds is 6. The van der Waals surface area contributed by atoms with Crippen molar-refractivity contribution in [3.63, 3.8) is 0 Å². The predicted molar refractivity (Wildman–Crippen MR) is 130 cm³/mol. The van der Waals surface area contributed by atoms with Crippen molar-refractivity contribution in [1.82, 2.24) is 20.0 Å². The molecular weight excluding hydrogens is 463 g/mol. The summed E-state index contributed by atoms with van der Waals surface area (Å²) in [5.74, 6) is -0.883. The van der Waals surface area contributed by atoms with Crippen LogP contribution in [0.1, 0.15) is 26.4 Å². The van der Waals surface area contributed by atoms with Gasteiger partial charge in [-0.05, 0) is 36.9 Å². The molecule has 0 radical (unpaired) electrons. The van der Waals surface area contributed by atoms with Crippen molar-refractivity contribution in [3.05, 3.63) is 75.5 Å². The van der Waals surface area contributed by atoms with E-state index in [9.17, 15) is 9.59 Å². The van der Waals surface area contributed by atoms with E-state index in [4.69, 9.17) is 23.2 Å². The zero-order valence-electron chi connectivity index (χ0n) is 18.1. The second kappa shape index (κ2) is 10.4. The van der Waals surface area contributed by atoms with Crippen LogP contribution in [0, 0.1) is 0 Å². The average molecular weight is 487 g/mol. The Kier molecular flexibility index (Phi) is 7.29. The van der Waals surface area contributed by atoms with Crippen molar-refractivity contribution >= 4 is 46.4 Å². The third-order valence-corrected chi connectivity index (χ3v) is 6.13. The highest BCUT2D eigenvalue weighted by Gasteiger charge is 2.20. The van der Waals surface area contributed by atoms with Gasteiger partial charge in [0.05, 0.1) is 21.4 Å². The highest BCUT2D eigenvalue weighted by Crippen LogP contribution is 2.30. The number of nitrogens with one attached hydrogen (secondary N) is 3. The van der Waals surface area contributed by atoms with Gasteiger partial charge in [-0.25, -0.2) is 0 Å². The van der Waals surface area contributed by atoms with Crippen LogP contribution in [0.25, 0.3) is 0 Å². The molecule has 0 aliphatic carbocycles. The number of hydrogen-bond donors (Lipinski definition) is 3. The molecule has 4 rings (SSSR count). The molecule has 2 heterocycles. The second-order valence-electron chi connectivity index (χ2n) is 7.93. The number of carbonyl (C=O) groups is 2. The highest BCUT2D eigenvalue weighted by molar-refractivity contribution is 6.40. The summed E-state index contributed by atoms with van der Waals surface area (Å²) in [6, 6.07) is 12.4. The van der Waals surface area contributed by atoms with Crippen molar-refractivity contribution < 1.29 is 9.59 Å². The summed E-state index contributed by atoms with van der Waals surface area (Å²) in [7, 11) is 2.12. The molecule has 1 aliphatic rings. The van der Waals surface area contributed by atoms with Gasteiger partial charge in [0.25, 0.3) is 11.8 Å². The molecule has 1 aromatic heterocycles. The van der Waals surface area contributed by atoms with Gasteiger partial charge >= 0.3 is 0 Å². The van der Waals surface area contributed by atoms with Gasteiger partial charge in [-0.1, -0.05) is 41.4 Å². The normalized spacial score (nSPS) is 14.8. The van der Waals surface area contributed by atoms with Crippen LogP contribution in [0.5, 0.6) is 0 Å². The van der Waals surface area contributed by atoms with E-state index in [2.05, 4.69) is 37.7 Å². The number of anilines is 2. The average Bonchev–Trinajstić information content (AvgIpc) is 3.26. The topological polar surface area (TPSA) is 93.4 Å². The summed E-state index contributed by atoms with van der Waals surface area (Å²) in [4.78, 5) is 30.3. The second-order valence-corrected chi connectivity index (χ2v) is 8.75. The Morgan fingerprint density at radius 1 is 1.00 bits per heavy atom. The predicted octanol–water partition coefficient (Wildman–Crippen LogP) is 3.97. The van der Waals surface area contributed by atoms with E-state index < -0.39 is 5.91 Å². The molecular formula is C23H24Cl2N6O2. The number of hydrogen-bond acceptors (Lipinski definition) is 5. The number of nitrogens with zero attached hydrogens (tertiary/aromatic N) is 3. The Balaban J connectivity index is 1.43. The summed E-state index contributed by atoms with van der Waals surface area (Å²) in [5.41, 5.74) is 2.12. The Morgan fingerprint density at radius 2 is 1.70 bits per heavy atom. The number of amides is 2. The first-order chi connectivity index (χ1) is 15.9. The zero-order valence-corrected chi connectivity index (χ0v) is 19.6. The molecule has 172 valence electrons. The lowest BCUT2D eigenvalue weighted by Gasteiger charge is -2.32. The molecule has 8 nitrogen and oxygen atoms in total. The Bertz CT molecular complexity index is 1140. The number of benzene rings is 2. The summed E-state index contributed by atoms with van der Waals surface area (Å²) in [5, 5.41) is 12.6. The van der Waals surface area contributed by atoms with E-state index in [1.165, 1.54) is 6.20 Å². The minimum atomic E-state index is -0.551. The molecule has 3 N–H and O–H groups in total. The highest BCUT2D eigenvalue weighted by atomic mass is 35.5. The first-order valence-electron chi connectivity index (χ1n) is 10.5. The summed E-state index contributed by atoms with van der Waals surface area (Å²) in [6.07, 6.45) is 1.45. The molecule has 10 heteroatoms. The lowest BCUT2D eigenvalue weighted by molar-refractivity contribution is 0.102. The van der Waals surface area contributed by atoms with Crippen LogP contribution in [0.2, 0.25) is 10.0 Å². The maximum Gasteiger partial charge on any atom is 0.278 e. The molecule has 3 aromatic rings. The molecule has 1 saturated heterocycles. The zero-order chi connectivity index (χ0) is 23.4. The van der Waals surface area contributed by atoms with Crippen molar-refractivity contribution in [2.45, 2.75) is 6.54 Å². The number of aromatic nitrogens is 2. The molecule has 0 unspecified atom stereocenters. The largest absolute Gasteiger partial charge is 0.319 e. The van der Waals surface area contributed by atoms with Crippen LogP contribution in [-0.4, -0.2) is 65.0 Å². The molecule has 2 amide bonds. The minimum Gasteiger partial charge on any atom is -0.319 e. The van der Waals surface area contributed by atoms with Crippen molar-refractivity contribution in [1.29, 1.82) is 0 Å². The van der Waals surface area contributed by atoms with Crippen LogP contribution in [-0.2, 0) is 6.54 Å². The molecule has 0 atom stereocenters. The van der Waals surface area contributed by atoms with Gasteiger partial charge in [-0.15, -0.1) is 0 Å². The van der Waals surface area contributed by atoms with E-state index in [-0.39, 0.29) is 23.0 Å². The van der Waals surface area contributed by atoms with Crippen molar-refractivity contribution in [2.24, 2.45) is 0 Å². The van der Waals surface area contributed by atoms with Crippen LogP contribution in [0.4, 0.5) is 11.4 Å². The lowest BCUT2D eigenvalue weighted by atomic mass is 10.1. The number of carbonyl (C=O) groups excluding carboxylic acids is 2. The maximum absolute atomic E-state index is 12.9. The van der Waals surface area contributed by atoms with Gasteiger partial charge in [-0.2, -0.15) is 5.10 Å². The van der Waals surface area contributed by atoms with E-state index in [1.807, 2.05) is 18.2 Å². The molecule has 1 fully saturated rings. The maximum atomic E-state index is 12.9. The van der Waals surface area contributed by atoms with E-state index in [0.717, 1.165) is 38.3 Å². The van der Waals surface area contributed by atoms with Gasteiger partial charge in [0.15, 0.2) is 5.69 Å². The fourth-order valence-electron chi connectivity index (χ4n) is 3.62. The number of H-pyrrole nitrogens is 1. The number of likely N-dealkylation sites (N-methyl/N-ethyl adjacent to an activating group) is 1. The monoisotopic (exact) mass is 486 g/mol. The summed E-state index contributed by atoms with van der Waals surface area (Å²) < 4.78 is 0. The van der Waals surface area contributed by atoms with E-state index in [0.29, 0.717) is 15.6 Å². The van der Waals surface area contributed by atoms with E-state index >= 15 is 0 Å². The Labute approximate surface area is 201 Å². The summed E-state index contributed by atoms with van der Waals surface area (Å²) in [6.45, 7) is 4.84. The van der Waals surface area contributed by atoms with Crippen molar-refractivity contribution in [3.8, 4) is 0 Å². The van der Waals surface area contributed by atoms with Crippen molar-refractivity contribution in [2.75, 3.05) is 43.9 Å². The lowest BCUT2D eigenvalue weighted by Crippen LogP contribution is -2.43. The third kappa shape index (κ3) is 5.72. The third-order valence-electron chi connectivity index (χ3n) is 5.50. The van der Waals surface area contributed by atoms with Crippen LogP contribution in [0.15, 0.2) is 48.7 Å².